The predicted octanol–water partition coefficient (Wildman–Crippen LogP) is 0.335. The highest BCUT2D eigenvalue weighted by molar-refractivity contribution is 4.97. The standard InChI is InChI=1S/C4H8N/c1-4(2)3-5/h1-3,5H2/q+1. The van der Waals surface area contributed by atoms with Gasteiger partial charge in [0.25, 0.3) is 0 Å². The number of nitrogens with two attached hydrogens (primary N) is 1. The molecule has 28 valence electrons. The van der Waals surface area contributed by atoms with Crippen LogP contribution in [-0.2, 0) is 0 Å². The SMILES string of the molecule is C=C([CH2+])CN. The molecule has 5 heavy (non-hydrogen) atoms. The first-order valence-electron chi connectivity index (χ1n) is 1.47. The van der Waals surface area contributed by atoms with E-state index in [-0.39, 0.29) is 0 Å². The first-order valence-corrected chi connectivity index (χ1v) is 1.47. The van der Waals surface area contributed by atoms with Crippen LogP contribution in [0.1, 0.15) is 0 Å². The summed E-state index contributed by atoms with van der Waals surface area (Å²) in [6.07, 6.45) is 0. The highest BCUT2D eigenvalue weighted by atomic mass is 14.5. The zero-order chi connectivity index (χ0) is 4.28. The second kappa shape index (κ2) is 1.85. The summed E-state index contributed by atoms with van der Waals surface area (Å²) in [7, 11) is 0. The summed E-state index contributed by atoms with van der Waals surface area (Å²) in [4.78, 5) is 0. The molecule has 0 spiro atoms. The highest BCUT2D eigenvalue weighted by Crippen LogP contribution is 1.72. The van der Waals surface area contributed by atoms with E-state index in [9.17, 15) is 0 Å². The molecule has 0 aliphatic rings. The third-order valence-electron chi connectivity index (χ3n) is 0.289. The Bertz CT molecular complexity index is 38.9. The molecule has 2 N–H and O–H groups in total. The second-order valence-electron chi connectivity index (χ2n) is 0.954. The lowest BCUT2D eigenvalue weighted by molar-refractivity contribution is 1.20. The molecule has 0 aromatic rings. The van der Waals surface area contributed by atoms with Crippen LogP contribution < -0.4 is 5.73 Å². The summed E-state index contributed by atoms with van der Waals surface area (Å²) in [6, 6.07) is 0. The molecular weight excluding hydrogens is 62.1 g/mol. The van der Waals surface area contributed by atoms with E-state index in [1.165, 1.54) is 0 Å². The lowest BCUT2D eigenvalue weighted by atomic mass is 10.4. The van der Waals surface area contributed by atoms with Crippen molar-refractivity contribution in [2.24, 2.45) is 5.73 Å². The van der Waals surface area contributed by atoms with Gasteiger partial charge in [0, 0.05) is 13.5 Å². The fourth-order valence-corrected chi connectivity index (χ4v) is 0. The van der Waals surface area contributed by atoms with Gasteiger partial charge < -0.3 is 5.73 Å². The molecular formula is C4H8N+. The molecule has 0 saturated carbocycles. The van der Waals surface area contributed by atoms with E-state index in [1.807, 2.05) is 0 Å². The fourth-order valence-electron chi connectivity index (χ4n) is 0. The number of hydrogen-bond acceptors (Lipinski definition) is 1. The maximum atomic E-state index is 5.01. The summed E-state index contributed by atoms with van der Waals surface area (Å²) < 4.78 is 0. The van der Waals surface area contributed by atoms with Crippen molar-refractivity contribution in [1.82, 2.24) is 0 Å². The first-order chi connectivity index (χ1) is 2.27. The van der Waals surface area contributed by atoms with Crippen LogP contribution in [0.15, 0.2) is 12.2 Å². The number of hydrogen-bond donors (Lipinski definition) is 1. The van der Waals surface area contributed by atoms with Crippen molar-refractivity contribution in [3.05, 3.63) is 19.1 Å². The van der Waals surface area contributed by atoms with Crippen molar-refractivity contribution in [1.29, 1.82) is 0 Å². The quantitative estimate of drug-likeness (QED) is 0.442. The van der Waals surface area contributed by atoms with E-state index in [4.69, 9.17) is 5.73 Å². The average Bonchev–Trinajstić information content (AvgIpc) is 1.38. The smallest absolute Gasteiger partial charge is 0.110 e. The first kappa shape index (κ1) is 4.57. The molecule has 0 heterocycles. The third-order valence-corrected chi connectivity index (χ3v) is 0.289. The van der Waals surface area contributed by atoms with Gasteiger partial charge in [0.15, 0.2) is 0 Å². The minimum atomic E-state index is 0.500. The van der Waals surface area contributed by atoms with Crippen LogP contribution in [0.2, 0.25) is 0 Å². The largest absolute Gasteiger partial charge is 0.323 e. The minimum Gasteiger partial charge on any atom is -0.323 e. The van der Waals surface area contributed by atoms with Gasteiger partial charge in [0.05, 0.1) is 6.54 Å². The van der Waals surface area contributed by atoms with Gasteiger partial charge in [-0.2, -0.15) is 0 Å². The highest BCUT2D eigenvalue weighted by Gasteiger charge is 1.78. The Balaban J connectivity index is 2.85. The van der Waals surface area contributed by atoms with Gasteiger partial charge >= 0.3 is 0 Å². The van der Waals surface area contributed by atoms with E-state index in [2.05, 4.69) is 13.5 Å². The fraction of sp³-hybridized carbons (Fsp3) is 0.250. The minimum absolute atomic E-state index is 0.500. The Labute approximate surface area is 32.5 Å². The summed E-state index contributed by atoms with van der Waals surface area (Å²) in [5, 5.41) is 0. The van der Waals surface area contributed by atoms with Crippen LogP contribution in [0.3, 0.4) is 0 Å². The van der Waals surface area contributed by atoms with E-state index < -0.39 is 0 Å². The Hall–Kier alpha value is -0.430. The van der Waals surface area contributed by atoms with Gasteiger partial charge in [-0.05, 0) is 0 Å². The van der Waals surface area contributed by atoms with E-state index >= 15 is 0 Å². The van der Waals surface area contributed by atoms with E-state index in [1.54, 1.807) is 0 Å². The Morgan fingerprint density at radius 3 is 2.20 bits per heavy atom. The van der Waals surface area contributed by atoms with Crippen molar-refractivity contribution in [2.45, 2.75) is 0 Å². The molecule has 0 aliphatic heterocycles. The predicted molar refractivity (Wildman–Crippen MR) is 23.6 cm³/mol. The molecule has 0 atom stereocenters. The van der Waals surface area contributed by atoms with Gasteiger partial charge in [-0.3, -0.25) is 0 Å². The van der Waals surface area contributed by atoms with E-state index in [0.717, 1.165) is 5.57 Å². The molecule has 1 heteroatoms. The summed E-state index contributed by atoms with van der Waals surface area (Å²) in [6.45, 7) is 7.38. The van der Waals surface area contributed by atoms with Gasteiger partial charge in [0.1, 0.15) is 5.57 Å². The van der Waals surface area contributed by atoms with Crippen molar-refractivity contribution in [3.63, 3.8) is 0 Å². The van der Waals surface area contributed by atoms with Gasteiger partial charge in [0.2, 0.25) is 0 Å². The van der Waals surface area contributed by atoms with Crippen LogP contribution in [0.4, 0.5) is 0 Å². The van der Waals surface area contributed by atoms with Crippen molar-refractivity contribution >= 4 is 0 Å². The lowest BCUT2D eigenvalue weighted by Gasteiger charge is -1.71. The maximum absolute atomic E-state index is 5.01. The molecule has 0 radical (unpaired) electrons. The van der Waals surface area contributed by atoms with Crippen LogP contribution in [0, 0.1) is 6.92 Å². The number of rotatable bonds is 1. The van der Waals surface area contributed by atoms with Crippen LogP contribution in [-0.4, -0.2) is 6.54 Å². The zero-order valence-corrected chi connectivity index (χ0v) is 3.20. The van der Waals surface area contributed by atoms with Crippen molar-refractivity contribution in [2.75, 3.05) is 6.54 Å². The van der Waals surface area contributed by atoms with Gasteiger partial charge in [-0.25, -0.2) is 0 Å². The molecule has 0 saturated heterocycles. The Kier molecular flexibility index (Phi) is 1.69. The average molecular weight is 70.1 g/mol. The Morgan fingerprint density at radius 1 is 2.00 bits per heavy atom. The van der Waals surface area contributed by atoms with Crippen molar-refractivity contribution < 1.29 is 0 Å². The lowest BCUT2D eigenvalue weighted by Crippen LogP contribution is -1.97. The molecule has 1 nitrogen and oxygen atoms in total. The summed E-state index contributed by atoms with van der Waals surface area (Å²) in [5.41, 5.74) is 5.79. The molecule has 0 aliphatic carbocycles. The molecule has 0 amide bonds. The summed E-state index contributed by atoms with van der Waals surface area (Å²) in [5.74, 6) is 0. The molecule has 0 rings (SSSR count). The van der Waals surface area contributed by atoms with Crippen LogP contribution in [0.5, 0.6) is 0 Å². The normalized spacial score (nSPS) is 7.40. The van der Waals surface area contributed by atoms with Crippen LogP contribution >= 0.6 is 0 Å². The topological polar surface area (TPSA) is 26.0 Å². The Morgan fingerprint density at radius 2 is 2.20 bits per heavy atom. The van der Waals surface area contributed by atoms with Crippen molar-refractivity contribution in [3.8, 4) is 0 Å². The third kappa shape index (κ3) is 3.57. The monoisotopic (exact) mass is 70.1 g/mol. The van der Waals surface area contributed by atoms with E-state index in [0.29, 0.717) is 6.54 Å². The molecule has 0 aromatic heterocycles. The summed E-state index contributed by atoms with van der Waals surface area (Å²) >= 11 is 0. The molecule has 0 fully saturated rings. The van der Waals surface area contributed by atoms with Crippen LogP contribution in [0.25, 0.3) is 0 Å². The molecule has 0 unspecified atom stereocenters. The zero-order valence-electron chi connectivity index (χ0n) is 3.20. The van der Waals surface area contributed by atoms with Gasteiger partial charge in [-0.15, -0.1) is 0 Å². The molecule has 0 bridgehead atoms. The second-order valence-corrected chi connectivity index (χ2v) is 0.954. The van der Waals surface area contributed by atoms with Gasteiger partial charge in [-0.1, -0.05) is 0 Å². The molecule has 0 aromatic carbocycles. The maximum Gasteiger partial charge on any atom is 0.110 e.